The van der Waals surface area contributed by atoms with Crippen molar-refractivity contribution >= 4 is 11.6 Å². The first-order valence-corrected chi connectivity index (χ1v) is 6.29. The van der Waals surface area contributed by atoms with E-state index < -0.39 is 11.7 Å². The highest BCUT2D eigenvalue weighted by molar-refractivity contribution is 6.03. The summed E-state index contributed by atoms with van der Waals surface area (Å²) in [4.78, 5) is 12.1. The van der Waals surface area contributed by atoms with Crippen molar-refractivity contribution in [3.63, 3.8) is 0 Å². The number of para-hydroxylation sites is 1. The van der Waals surface area contributed by atoms with Gasteiger partial charge in [0.1, 0.15) is 5.82 Å². The molecule has 0 bridgehead atoms. The van der Waals surface area contributed by atoms with Crippen LogP contribution in [0.1, 0.15) is 34.7 Å². The number of rotatable bonds is 2. The lowest BCUT2D eigenvalue weighted by Gasteiger charge is -2.09. The van der Waals surface area contributed by atoms with Crippen LogP contribution in [0.4, 0.5) is 10.1 Å². The average molecular weight is 260 g/mol. The highest BCUT2D eigenvalue weighted by Crippen LogP contribution is 2.24. The molecular formula is C14H13FN2O2. The van der Waals surface area contributed by atoms with Crippen molar-refractivity contribution in [3.8, 4) is 0 Å². The fourth-order valence-electron chi connectivity index (χ4n) is 2.31. The Labute approximate surface area is 109 Å². The molecule has 1 aliphatic carbocycles. The Balaban J connectivity index is 1.85. The molecule has 19 heavy (non-hydrogen) atoms. The zero-order chi connectivity index (χ0) is 13.2. The lowest BCUT2D eigenvalue weighted by atomic mass is 9.96. The van der Waals surface area contributed by atoms with Crippen LogP contribution in [0.15, 0.2) is 28.8 Å². The van der Waals surface area contributed by atoms with Gasteiger partial charge < -0.3 is 9.84 Å². The third kappa shape index (κ3) is 2.23. The molecule has 0 unspecified atom stereocenters. The van der Waals surface area contributed by atoms with E-state index in [1.165, 1.54) is 12.1 Å². The smallest absolute Gasteiger partial charge is 0.294 e. The van der Waals surface area contributed by atoms with E-state index in [-0.39, 0.29) is 11.4 Å². The van der Waals surface area contributed by atoms with Crippen LogP contribution in [0.2, 0.25) is 0 Å². The minimum absolute atomic E-state index is 0.147. The summed E-state index contributed by atoms with van der Waals surface area (Å²) in [6.07, 6.45) is 3.72. The number of nitrogens with one attached hydrogen (secondary N) is 1. The van der Waals surface area contributed by atoms with E-state index in [4.69, 9.17) is 4.52 Å². The number of aryl methyl sites for hydroxylation is 1. The maximum absolute atomic E-state index is 13.5. The molecule has 1 amide bonds. The molecule has 0 saturated carbocycles. The second kappa shape index (κ2) is 4.84. The Kier molecular flexibility index (Phi) is 3.03. The molecule has 1 aromatic heterocycles. The zero-order valence-electron chi connectivity index (χ0n) is 10.3. The Morgan fingerprint density at radius 3 is 2.89 bits per heavy atom. The molecule has 3 rings (SSSR count). The van der Waals surface area contributed by atoms with Crippen molar-refractivity contribution in [2.45, 2.75) is 25.7 Å². The number of hydrogen-bond acceptors (Lipinski definition) is 3. The normalized spacial score (nSPS) is 13.9. The van der Waals surface area contributed by atoms with Crippen LogP contribution >= 0.6 is 0 Å². The fraction of sp³-hybridized carbons (Fsp3) is 0.286. The van der Waals surface area contributed by atoms with Gasteiger partial charge in [-0.25, -0.2) is 4.39 Å². The lowest BCUT2D eigenvalue weighted by molar-refractivity contribution is 0.0986. The largest absolute Gasteiger partial charge is 0.350 e. The van der Waals surface area contributed by atoms with Crippen LogP contribution in [0.5, 0.6) is 0 Å². The minimum Gasteiger partial charge on any atom is -0.350 e. The number of aromatic nitrogens is 1. The molecule has 5 heteroatoms. The van der Waals surface area contributed by atoms with Crippen molar-refractivity contribution in [1.82, 2.24) is 5.16 Å². The average Bonchev–Trinajstić information content (AvgIpc) is 2.85. The summed E-state index contributed by atoms with van der Waals surface area (Å²) in [7, 11) is 0. The van der Waals surface area contributed by atoms with Crippen molar-refractivity contribution in [2.24, 2.45) is 0 Å². The molecular weight excluding hydrogens is 247 g/mol. The predicted molar refractivity (Wildman–Crippen MR) is 67.5 cm³/mol. The summed E-state index contributed by atoms with van der Waals surface area (Å²) in [5.74, 6) is -0.706. The summed E-state index contributed by atoms with van der Waals surface area (Å²) >= 11 is 0. The number of halogens is 1. The summed E-state index contributed by atoms with van der Waals surface area (Å²) in [6.45, 7) is 0. The van der Waals surface area contributed by atoms with Gasteiger partial charge in [0.05, 0.1) is 11.4 Å². The van der Waals surface area contributed by atoms with E-state index >= 15 is 0 Å². The van der Waals surface area contributed by atoms with Crippen LogP contribution in [0.25, 0.3) is 0 Å². The number of hydrogen-bond donors (Lipinski definition) is 1. The fourth-order valence-corrected chi connectivity index (χ4v) is 2.31. The molecule has 1 N–H and O–H groups in total. The van der Waals surface area contributed by atoms with Gasteiger partial charge in [0.2, 0.25) is 5.76 Å². The van der Waals surface area contributed by atoms with Crippen LogP contribution in [-0.2, 0) is 12.8 Å². The third-order valence-corrected chi connectivity index (χ3v) is 3.29. The molecule has 0 spiro atoms. The van der Waals surface area contributed by atoms with Crippen LogP contribution < -0.4 is 5.32 Å². The molecule has 2 aromatic rings. The molecule has 0 fully saturated rings. The molecule has 0 radical (unpaired) electrons. The first-order chi connectivity index (χ1) is 9.25. The standard InChI is InChI=1S/C14H13FN2O2/c15-10-6-2-4-8-12(10)16-14(18)13-9-5-1-3-7-11(9)17-19-13/h2,4,6,8H,1,3,5,7H2,(H,16,18). The van der Waals surface area contributed by atoms with E-state index in [0.29, 0.717) is 0 Å². The summed E-state index contributed by atoms with van der Waals surface area (Å²) in [5, 5.41) is 6.43. The van der Waals surface area contributed by atoms with Crippen molar-refractivity contribution < 1.29 is 13.7 Å². The van der Waals surface area contributed by atoms with Gasteiger partial charge in [-0.05, 0) is 37.8 Å². The molecule has 0 aliphatic heterocycles. The highest BCUT2D eigenvalue weighted by atomic mass is 19.1. The zero-order valence-corrected chi connectivity index (χ0v) is 10.3. The van der Waals surface area contributed by atoms with Gasteiger partial charge in [-0.2, -0.15) is 0 Å². The van der Waals surface area contributed by atoms with E-state index in [2.05, 4.69) is 10.5 Å². The quantitative estimate of drug-likeness (QED) is 0.903. The van der Waals surface area contributed by atoms with E-state index in [1.54, 1.807) is 12.1 Å². The first-order valence-electron chi connectivity index (χ1n) is 6.29. The number of amides is 1. The Bertz CT molecular complexity index is 622. The van der Waals surface area contributed by atoms with E-state index in [1.807, 2.05) is 0 Å². The number of anilines is 1. The predicted octanol–water partition coefficient (Wildman–Crippen LogP) is 2.94. The lowest BCUT2D eigenvalue weighted by Crippen LogP contribution is -2.15. The number of benzene rings is 1. The molecule has 4 nitrogen and oxygen atoms in total. The highest BCUT2D eigenvalue weighted by Gasteiger charge is 2.24. The molecule has 1 heterocycles. The molecule has 0 saturated heterocycles. The van der Waals surface area contributed by atoms with Crippen LogP contribution in [0, 0.1) is 5.82 Å². The van der Waals surface area contributed by atoms with Gasteiger partial charge >= 0.3 is 0 Å². The van der Waals surface area contributed by atoms with Crippen molar-refractivity contribution in [3.05, 3.63) is 47.1 Å². The molecule has 0 atom stereocenters. The Morgan fingerprint density at radius 2 is 2.05 bits per heavy atom. The van der Waals surface area contributed by atoms with Gasteiger partial charge in [-0.15, -0.1) is 0 Å². The molecule has 1 aliphatic rings. The third-order valence-electron chi connectivity index (χ3n) is 3.29. The van der Waals surface area contributed by atoms with Crippen LogP contribution in [0.3, 0.4) is 0 Å². The van der Waals surface area contributed by atoms with Gasteiger partial charge in [0.15, 0.2) is 0 Å². The van der Waals surface area contributed by atoms with Crippen molar-refractivity contribution in [2.75, 3.05) is 5.32 Å². The van der Waals surface area contributed by atoms with E-state index in [9.17, 15) is 9.18 Å². The Hall–Kier alpha value is -2.17. The Morgan fingerprint density at radius 1 is 1.26 bits per heavy atom. The number of carbonyl (C=O) groups is 1. The first kappa shape index (κ1) is 11.9. The number of carbonyl (C=O) groups excluding carboxylic acids is 1. The van der Waals surface area contributed by atoms with E-state index in [0.717, 1.165) is 36.9 Å². The molecule has 1 aromatic carbocycles. The molecule has 98 valence electrons. The summed E-state index contributed by atoms with van der Waals surface area (Å²) in [6, 6.07) is 6.04. The maximum Gasteiger partial charge on any atom is 0.294 e. The second-order valence-electron chi connectivity index (χ2n) is 4.58. The van der Waals surface area contributed by atoms with Gasteiger partial charge in [0.25, 0.3) is 5.91 Å². The summed E-state index contributed by atoms with van der Waals surface area (Å²) < 4.78 is 18.6. The maximum atomic E-state index is 13.5. The van der Waals surface area contributed by atoms with Crippen LogP contribution in [-0.4, -0.2) is 11.1 Å². The second-order valence-corrected chi connectivity index (χ2v) is 4.58. The minimum atomic E-state index is -0.468. The van der Waals surface area contributed by atoms with Gasteiger partial charge in [-0.1, -0.05) is 17.3 Å². The van der Waals surface area contributed by atoms with Gasteiger partial charge in [0, 0.05) is 5.56 Å². The number of nitrogens with zero attached hydrogens (tertiary/aromatic N) is 1. The SMILES string of the molecule is O=C(Nc1ccccc1F)c1onc2c1CCCC2. The monoisotopic (exact) mass is 260 g/mol. The number of fused-ring (bicyclic) bond motifs is 1. The topological polar surface area (TPSA) is 55.1 Å². The van der Waals surface area contributed by atoms with Crippen molar-refractivity contribution in [1.29, 1.82) is 0 Å². The van der Waals surface area contributed by atoms with Gasteiger partial charge in [-0.3, -0.25) is 4.79 Å². The summed E-state index contributed by atoms with van der Waals surface area (Å²) in [5.41, 5.74) is 1.86.